The Kier molecular flexibility index (Phi) is 4.65. The van der Waals surface area contributed by atoms with E-state index < -0.39 is 22.8 Å². The maximum atomic E-state index is 12.1. The molecule has 0 radical (unpaired) electrons. The van der Waals surface area contributed by atoms with Gasteiger partial charge in [-0.3, -0.25) is 24.7 Å². The van der Waals surface area contributed by atoms with Crippen molar-refractivity contribution < 1.29 is 14.5 Å². The molecule has 0 spiro atoms. The van der Waals surface area contributed by atoms with Crippen molar-refractivity contribution >= 4 is 17.5 Å². The van der Waals surface area contributed by atoms with Crippen LogP contribution in [0.1, 0.15) is 39.4 Å². The lowest BCUT2D eigenvalue weighted by Gasteiger charge is -2.14. The fourth-order valence-corrected chi connectivity index (χ4v) is 1.94. The number of amides is 2. The standard InChI is InChI=1S/C15H14N4O4/c1-9(10-3-2-4-12(7-10)19(22)23)18-15(21)11-5-6-13(14(16)20)17-8-11/h2-9H,1H3,(H2,16,20)(H,18,21). The summed E-state index contributed by atoms with van der Waals surface area (Å²) < 4.78 is 0. The van der Waals surface area contributed by atoms with E-state index in [1.807, 2.05) is 0 Å². The Hall–Kier alpha value is -3.29. The highest BCUT2D eigenvalue weighted by Gasteiger charge is 2.15. The summed E-state index contributed by atoms with van der Waals surface area (Å²) in [6, 6.07) is 8.38. The number of hydrogen-bond donors (Lipinski definition) is 2. The van der Waals surface area contributed by atoms with Gasteiger partial charge in [0, 0.05) is 18.3 Å². The molecular weight excluding hydrogens is 300 g/mol. The Morgan fingerprint density at radius 2 is 2.04 bits per heavy atom. The number of nitrogens with two attached hydrogens (primary N) is 1. The highest BCUT2D eigenvalue weighted by atomic mass is 16.6. The molecule has 1 unspecified atom stereocenters. The molecule has 8 heteroatoms. The number of carbonyl (C=O) groups is 2. The lowest BCUT2D eigenvalue weighted by atomic mass is 10.1. The monoisotopic (exact) mass is 314 g/mol. The van der Waals surface area contributed by atoms with Crippen molar-refractivity contribution in [1.82, 2.24) is 10.3 Å². The second kappa shape index (κ2) is 6.65. The molecule has 2 rings (SSSR count). The number of primary amides is 1. The smallest absolute Gasteiger partial charge is 0.269 e. The van der Waals surface area contributed by atoms with E-state index in [2.05, 4.69) is 10.3 Å². The van der Waals surface area contributed by atoms with Gasteiger partial charge in [0.2, 0.25) is 0 Å². The lowest BCUT2D eigenvalue weighted by Crippen LogP contribution is -2.27. The Labute approximate surface area is 131 Å². The molecule has 1 atom stereocenters. The van der Waals surface area contributed by atoms with E-state index >= 15 is 0 Å². The van der Waals surface area contributed by atoms with Gasteiger partial charge >= 0.3 is 0 Å². The highest BCUT2D eigenvalue weighted by molar-refractivity contribution is 5.95. The Bertz CT molecular complexity index is 758. The van der Waals surface area contributed by atoms with Gasteiger partial charge in [0.1, 0.15) is 5.69 Å². The van der Waals surface area contributed by atoms with Crippen LogP contribution < -0.4 is 11.1 Å². The molecule has 2 amide bonds. The topological polar surface area (TPSA) is 128 Å². The summed E-state index contributed by atoms with van der Waals surface area (Å²) in [5.41, 5.74) is 5.96. The summed E-state index contributed by atoms with van der Waals surface area (Å²) >= 11 is 0. The van der Waals surface area contributed by atoms with Crippen molar-refractivity contribution in [3.63, 3.8) is 0 Å². The first-order valence-electron chi connectivity index (χ1n) is 6.69. The van der Waals surface area contributed by atoms with Crippen LogP contribution in [0, 0.1) is 10.1 Å². The van der Waals surface area contributed by atoms with Crippen LogP contribution in [0.4, 0.5) is 5.69 Å². The fraction of sp³-hybridized carbons (Fsp3) is 0.133. The summed E-state index contributed by atoms with van der Waals surface area (Å²) in [6.45, 7) is 1.71. The predicted molar refractivity (Wildman–Crippen MR) is 81.7 cm³/mol. The molecule has 0 aliphatic heterocycles. The van der Waals surface area contributed by atoms with Crippen LogP contribution >= 0.6 is 0 Å². The van der Waals surface area contributed by atoms with Crippen molar-refractivity contribution in [3.8, 4) is 0 Å². The second-order valence-electron chi connectivity index (χ2n) is 4.84. The van der Waals surface area contributed by atoms with Gasteiger partial charge in [0.05, 0.1) is 16.5 Å². The van der Waals surface area contributed by atoms with E-state index in [-0.39, 0.29) is 16.9 Å². The number of nitro benzene ring substituents is 1. The zero-order valence-corrected chi connectivity index (χ0v) is 12.2. The first-order valence-corrected chi connectivity index (χ1v) is 6.69. The SMILES string of the molecule is CC(NC(=O)c1ccc(C(N)=O)nc1)c1cccc([N+](=O)[O-])c1. The summed E-state index contributed by atoms with van der Waals surface area (Å²) in [6.07, 6.45) is 1.25. The van der Waals surface area contributed by atoms with Crippen LogP contribution in [-0.4, -0.2) is 21.7 Å². The third-order valence-electron chi connectivity index (χ3n) is 3.21. The van der Waals surface area contributed by atoms with Gasteiger partial charge in [0.15, 0.2) is 0 Å². The van der Waals surface area contributed by atoms with Crippen molar-refractivity contribution in [2.24, 2.45) is 5.73 Å². The van der Waals surface area contributed by atoms with E-state index in [4.69, 9.17) is 5.73 Å². The number of hydrogen-bond acceptors (Lipinski definition) is 5. The zero-order valence-electron chi connectivity index (χ0n) is 12.2. The van der Waals surface area contributed by atoms with Crippen LogP contribution in [0.5, 0.6) is 0 Å². The van der Waals surface area contributed by atoms with Crippen LogP contribution in [0.2, 0.25) is 0 Å². The molecule has 1 aromatic carbocycles. The molecule has 0 bridgehead atoms. The fourth-order valence-electron chi connectivity index (χ4n) is 1.94. The Balaban J connectivity index is 2.11. The number of pyridine rings is 1. The van der Waals surface area contributed by atoms with Gasteiger partial charge in [-0.1, -0.05) is 12.1 Å². The highest BCUT2D eigenvalue weighted by Crippen LogP contribution is 2.19. The largest absolute Gasteiger partial charge is 0.364 e. The molecule has 8 nitrogen and oxygen atoms in total. The lowest BCUT2D eigenvalue weighted by molar-refractivity contribution is -0.384. The molecule has 3 N–H and O–H groups in total. The third kappa shape index (κ3) is 3.88. The number of nitrogens with zero attached hydrogens (tertiary/aromatic N) is 2. The normalized spacial score (nSPS) is 11.5. The summed E-state index contributed by atoms with van der Waals surface area (Å²) in [4.78, 5) is 37.1. The average Bonchev–Trinajstić information content (AvgIpc) is 2.54. The van der Waals surface area contributed by atoms with E-state index in [0.717, 1.165) is 0 Å². The number of nitrogens with one attached hydrogen (secondary N) is 1. The molecule has 1 aromatic heterocycles. The van der Waals surface area contributed by atoms with Gasteiger partial charge in [-0.05, 0) is 24.6 Å². The molecule has 118 valence electrons. The van der Waals surface area contributed by atoms with Crippen LogP contribution in [0.15, 0.2) is 42.6 Å². The number of carbonyl (C=O) groups excluding carboxylic acids is 2. The van der Waals surface area contributed by atoms with Crippen LogP contribution in [0.25, 0.3) is 0 Å². The molecule has 1 heterocycles. The van der Waals surface area contributed by atoms with Gasteiger partial charge < -0.3 is 11.1 Å². The van der Waals surface area contributed by atoms with Crippen molar-refractivity contribution in [2.45, 2.75) is 13.0 Å². The number of rotatable bonds is 5. The molecule has 0 fully saturated rings. The average molecular weight is 314 g/mol. The van der Waals surface area contributed by atoms with Gasteiger partial charge in [-0.15, -0.1) is 0 Å². The minimum atomic E-state index is -0.679. The van der Waals surface area contributed by atoms with Crippen molar-refractivity contribution in [2.75, 3.05) is 0 Å². The third-order valence-corrected chi connectivity index (χ3v) is 3.21. The number of nitro groups is 1. The van der Waals surface area contributed by atoms with E-state index in [9.17, 15) is 19.7 Å². The minimum Gasteiger partial charge on any atom is -0.364 e. The minimum absolute atomic E-state index is 0.0453. The molecule has 0 aliphatic rings. The second-order valence-corrected chi connectivity index (χ2v) is 4.84. The number of aromatic nitrogens is 1. The Morgan fingerprint density at radius 1 is 1.30 bits per heavy atom. The van der Waals surface area contributed by atoms with Crippen LogP contribution in [-0.2, 0) is 0 Å². The number of non-ortho nitro benzene ring substituents is 1. The summed E-state index contributed by atoms with van der Waals surface area (Å²) in [7, 11) is 0. The maximum absolute atomic E-state index is 12.1. The first kappa shape index (κ1) is 16.1. The molecule has 0 saturated carbocycles. The quantitative estimate of drug-likeness (QED) is 0.639. The molecule has 2 aromatic rings. The van der Waals surface area contributed by atoms with E-state index in [1.54, 1.807) is 19.1 Å². The zero-order chi connectivity index (χ0) is 17.0. The van der Waals surface area contributed by atoms with Crippen LogP contribution in [0.3, 0.4) is 0 Å². The van der Waals surface area contributed by atoms with Gasteiger partial charge in [-0.2, -0.15) is 0 Å². The summed E-state index contributed by atoms with van der Waals surface area (Å²) in [5.74, 6) is -1.09. The van der Waals surface area contributed by atoms with E-state index in [0.29, 0.717) is 5.56 Å². The first-order chi connectivity index (χ1) is 10.9. The molecule has 0 aliphatic carbocycles. The molecular formula is C15H14N4O4. The van der Waals surface area contributed by atoms with Crippen molar-refractivity contribution in [3.05, 3.63) is 69.5 Å². The van der Waals surface area contributed by atoms with E-state index in [1.165, 1.54) is 30.5 Å². The van der Waals surface area contributed by atoms with Gasteiger partial charge in [0.25, 0.3) is 17.5 Å². The van der Waals surface area contributed by atoms with Gasteiger partial charge in [-0.25, -0.2) is 0 Å². The number of benzene rings is 1. The maximum Gasteiger partial charge on any atom is 0.269 e. The summed E-state index contributed by atoms with van der Waals surface area (Å²) in [5, 5.41) is 13.5. The van der Waals surface area contributed by atoms with Crippen molar-refractivity contribution in [1.29, 1.82) is 0 Å². The molecule has 0 saturated heterocycles. The molecule has 23 heavy (non-hydrogen) atoms. The Morgan fingerprint density at radius 3 is 2.61 bits per heavy atom. The predicted octanol–water partition coefficient (Wildman–Crippen LogP) is 1.58.